The summed E-state index contributed by atoms with van der Waals surface area (Å²) in [6.45, 7) is 1.17. The van der Waals surface area contributed by atoms with Crippen molar-refractivity contribution in [2.45, 2.75) is 38.3 Å². The normalized spacial score (nSPS) is 20.0. The molecule has 18 heavy (non-hydrogen) atoms. The molecule has 1 aliphatic rings. The minimum Gasteiger partial charge on any atom is -0.354 e. The average molecular weight is 251 g/mol. The molecular formula is C11H17N5O2. The van der Waals surface area contributed by atoms with Crippen LogP contribution in [0.5, 0.6) is 0 Å². The monoisotopic (exact) mass is 251 g/mol. The fraction of sp³-hybridized carbons (Fsp3) is 0.636. The second kappa shape index (κ2) is 6.13. The van der Waals surface area contributed by atoms with Gasteiger partial charge in [-0.05, 0) is 19.3 Å². The Labute approximate surface area is 105 Å². The fourth-order valence-electron chi connectivity index (χ4n) is 1.91. The smallest absolute Gasteiger partial charge is 0.242 e. The summed E-state index contributed by atoms with van der Waals surface area (Å²) in [7, 11) is 0. The Hall–Kier alpha value is -1.92. The van der Waals surface area contributed by atoms with E-state index in [2.05, 4.69) is 20.7 Å². The van der Waals surface area contributed by atoms with Crippen molar-refractivity contribution in [2.24, 2.45) is 0 Å². The van der Waals surface area contributed by atoms with Gasteiger partial charge in [-0.15, -0.1) is 0 Å². The summed E-state index contributed by atoms with van der Waals surface area (Å²) in [6, 6.07) is -0.393. The first-order valence-electron chi connectivity index (χ1n) is 6.15. The van der Waals surface area contributed by atoms with Crippen molar-refractivity contribution in [1.82, 2.24) is 25.4 Å². The van der Waals surface area contributed by atoms with Crippen LogP contribution in [0.2, 0.25) is 0 Å². The SMILES string of the molecule is O=C(CCn1cncn1)N[C@@H]1CCCCNC1=O. The Morgan fingerprint density at radius 1 is 1.56 bits per heavy atom. The van der Waals surface area contributed by atoms with E-state index in [-0.39, 0.29) is 11.8 Å². The lowest BCUT2D eigenvalue weighted by Crippen LogP contribution is -2.45. The summed E-state index contributed by atoms with van der Waals surface area (Å²) >= 11 is 0. The number of nitrogens with zero attached hydrogens (tertiary/aromatic N) is 3. The zero-order valence-electron chi connectivity index (χ0n) is 10.1. The maximum Gasteiger partial charge on any atom is 0.242 e. The Morgan fingerprint density at radius 3 is 3.22 bits per heavy atom. The number of aromatic nitrogens is 3. The van der Waals surface area contributed by atoms with Gasteiger partial charge >= 0.3 is 0 Å². The molecule has 1 atom stereocenters. The highest BCUT2D eigenvalue weighted by atomic mass is 16.2. The van der Waals surface area contributed by atoms with Gasteiger partial charge < -0.3 is 10.6 Å². The lowest BCUT2D eigenvalue weighted by atomic mass is 10.1. The predicted molar refractivity (Wildman–Crippen MR) is 63.4 cm³/mol. The number of carbonyl (C=O) groups is 2. The van der Waals surface area contributed by atoms with E-state index < -0.39 is 6.04 Å². The topological polar surface area (TPSA) is 88.9 Å². The number of hydrogen-bond acceptors (Lipinski definition) is 4. The number of amides is 2. The first-order valence-corrected chi connectivity index (χ1v) is 6.15. The lowest BCUT2D eigenvalue weighted by molar-refractivity contribution is -0.128. The molecule has 7 heteroatoms. The van der Waals surface area contributed by atoms with Crippen LogP contribution in [0.3, 0.4) is 0 Å². The molecule has 0 bridgehead atoms. The van der Waals surface area contributed by atoms with Gasteiger partial charge in [0.2, 0.25) is 11.8 Å². The summed E-state index contributed by atoms with van der Waals surface area (Å²) in [5, 5.41) is 9.46. The zero-order chi connectivity index (χ0) is 12.8. The van der Waals surface area contributed by atoms with Gasteiger partial charge in [0.25, 0.3) is 0 Å². The maximum absolute atomic E-state index is 11.7. The molecule has 0 unspecified atom stereocenters. The number of nitrogens with one attached hydrogen (secondary N) is 2. The van der Waals surface area contributed by atoms with Crippen LogP contribution >= 0.6 is 0 Å². The summed E-state index contributed by atoms with van der Waals surface area (Å²) in [4.78, 5) is 27.1. The van der Waals surface area contributed by atoms with Gasteiger partial charge in [-0.25, -0.2) is 4.98 Å². The van der Waals surface area contributed by atoms with Gasteiger partial charge in [0.1, 0.15) is 18.7 Å². The summed E-state index contributed by atoms with van der Waals surface area (Å²) in [5.74, 6) is -0.214. The van der Waals surface area contributed by atoms with Crippen LogP contribution in [0.1, 0.15) is 25.7 Å². The van der Waals surface area contributed by atoms with Crippen LogP contribution in [0.15, 0.2) is 12.7 Å². The van der Waals surface area contributed by atoms with Crippen LogP contribution in [-0.2, 0) is 16.1 Å². The number of carbonyl (C=O) groups excluding carboxylic acids is 2. The Balaban J connectivity index is 1.77. The number of hydrogen-bond donors (Lipinski definition) is 2. The molecule has 0 spiro atoms. The summed E-state index contributed by atoms with van der Waals surface area (Å²) in [6.07, 6.45) is 5.92. The van der Waals surface area contributed by atoms with Gasteiger partial charge in [-0.3, -0.25) is 14.3 Å². The molecule has 0 aliphatic carbocycles. The first kappa shape index (κ1) is 12.5. The van der Waals surface area contributed by atoms with Crippen molar-refractivity contribution < 1.29 is 9.59 Å². The van der Waals surface area contributed by atoms with E-state index in [1.807, 2.05) is 0 Å². The van der Waals surface area contributed by atoms with E-state index in [0.717, 1.165) is 12.8 Å². The largest absolute Gasteiger partial charge is 0.354 e. The van der Waals surface area contributed by atoms with Crippen LogP contribution < -0.4 is 10.6 Å². The van der Waals surface area contributed by atoms with Crippen molar-refractivity contribution in [3.8, 4) is 0 Å². The van der Waals surface area contributed by atoms with Gasteiger partial charge in [-0.1, -0.05) is 0 Å². The van der Waals surface area contributed by atoms with Gasteiger partial charge in [0, 0.05) is 13.0 Å². The van der Waals surface area contributed by atoms with E-state index in [9.17, 15) is 9.59 Å². The first-order chi connectivity index (χ1) is 8.75. The third kappa shape index (κ3) is 3.54. The average Bonchev–Trinajstić information content (AvgIpc) is 2.80. The number of aryl methyl sites for hydroxylation is 1. The van der Waals surface area contributed by atoms with Crippen molar-refractivity contribution in [3.05, 3.63) is 12.7 Å². The molecule has 2 rings (SSSR count). The summed E-state index contributed by atoms with van der Waals surface area (Å²) in [5.41, 5.74) is 0. The van der Waals surface area contributed by atoms with E-state index in [4.69, 9.17) is 0 Å². The van der Waals surface area contributed by atoms with E-state index >= 15 is 0 Å². The molecule has 2 amide bonds. The quantitative estimate of drug-likeness (QED) is 0.751. The summed E-state index contributed by atoms with van der Waals surface area (Å²) < 4.78 is 1.59. The second-order valence-electron chi connectivity index (χ2n) is 4.32. The minimum atomic E-state index is -0.393. The fourth-order valence-corrected chi connectivity index (χ4v) is 1.91. The van der Waals surface area contributed by atoms with E-state index in [0.29, 0.717) is 25.9 Å². The Bertz CT molecular complexity index is 404. The Morgan fingerprint density at radius 2 is 2.44 bits per heavy atom. The molecule has 1 aromatic rings. The van der Waals surface area contributed by atoms with Gasteiger partial charge in [0.15, 0.2) is 0 Å². The van der Waals surface area contributed by atoms with E-state index in [1.54, 1.807) is 11.0 Å². The molecule has 1 aliphatic heterocycles. The highest BCUT2D eigenvalue weighted by Gasteiger charge is 2.21. The molecule has 1 saturated heterocycles. The highest BCUT2D eigenvalue weighted by molar-refractivity contribution is 5.87. The van der Waals surface area contributed by atoms with E-state index in [1.165, 1.54) is 6.33 Å². The van der Waals surface area contributed by atoms with Crippen LogP contribution in [0.25, 0.3) is 0 Å². The van der Waals surface area contributed by atoms with Crippen LogP contribution in [-0.4, -0.2) is 39.2 Å². The van der Waals surface area contributed by atoms with Crippen molar-refractivity contribution in [3.63, 3.8) is 0 Å². The van der Waals surface area contributed by atoms with Crippen molar-refractivity contribution in [2.75, 3.05) is 6.54 Å². The molecule has 2 heterocycles. The molecular weight excluding hydrogens is 234 g/mol. The highest BCUT2D eigenvalue weighted by Crippen LogP contribution is 2.05. The molecule has 2 N–H and O–H groups in total. The maximum atomic E-state index is 11.7. The molecule has 7 nitrogen and oxygen atoms in total. The molecule has 0 radical (unpaired) electrons. The zero-order valence-corrected chi connectivity index (χ0v) is 10.1. The Kier molecular flexibility index (Phi) is 4.27. The molecule has 98 valence electrons. The van der Waals surface area contributed by atoms with Crippen LogP contribution in [0.4, 0.5) is 0 Å². The van der Waals surface area contributed by atoms with Crippen LogP contribution in [0, 0.1) is 0 Å². The third-order valence-corrected chi connectivity index (χ3v) is 2.91. The minimum absolute atomic E-state index is 0.0818. The number of rotatable bonds is 4. The predicted octanol–water partition coefficient (Wildman–Crippen LogP) is -0.547. The second-order valence-corrected chi connectivity index (χ2v) is 4.32. The van der Waals surface area contributed by atoms with Gasteiger partial charge in [-0.2, -0.15) is 5.10 Å². The van der Waals surface area contributed by atoms with Gasteiger partial charge in [0.05, 0.1) is 6.54 Å². The van der Waals surface area contributed by atoms with Crippen molar-refractivity contribution >= 4 is 11.8 Å². The molecule has 0 aromatic carbocycles. The lowest BCUT2D eigenvalue weighted by Gasteiger charge is -2.14. The molecule has 1 fully saturated rings. The van der Waals surface area contributed by atoms with Crippen molar-refractivity contribution in [1.29, 1.82) is 0 Å². The molecule has 0 saturated carbocycles. The molecule has 1 aromatic heterocycles. The third-order valence-electron chi connectivity index (χ3n) is 2.91. The standard InChI is InChI=1S/C11H17N5O2/c17-10(4-6-16-8-12-7-14-16)15-9-3-1-2-5-13-11(9)18/h7-9H,1-6H2,(H,13,18)(H,15,17)/t9-/m1/s1.